The molecular formula is C18H18N4O2S2. The van der Waals surface area contributed by atoms with E-state index < -0.39 is 0 Å². The summed E-state index contributed by atoms with van der Waals surface area (Å²) in [6.07, 6.45) is 4.26. The molecule has 134 valence electrons. The molecule has 4 rings (SSSR count). The van der Waals surface area contributed by atoms with Crippen LogP contribution in [0.2, 0.25) is 0 Å². The number of rotatable bonds is 7. The van der Waals surface area contributed by atoms with Gasteiger partial charge in [0.15, 0.2) is 4.34 Å². The highest BCUT2D eigenvalue weighted by Crippen LogP contribution is 2.36. The Hall–Kier alpha value is -2.19. The molecule has 0 atom stereocenters. The highest BCUT2D eigenvalue weighted by atomic mass is 32.2. The highest BCUT2D eigenvalue weighted by Gasteiger charge is 2.35. The summed E-state index contributed by atoms with van der Waals surface area (Å²) >= 11 is 3.02. The van der Waals surface area contributed by atoms with E-state index in [1.54, 1.807) is 18.0 Å². The molecule has 6 nitrogen and oxygen atoms in total. The number of hydrogen-bond acceptors (Lipinski definition) is 7. The van der Waals surface area contributed by atoms with Crippen LogP contribution in [0, 0.1) is 0 Å². The summed E-state index contributed by atoms with van der Waals surface area (Å²) in [5.74, 6) is 1.38. The fraction of sp³-hybridized carbons (Fsp3) is 0.333. The summed E-state index contributed by atoms with van der Waals surface area (Å²) in [5.41, 5.74) is 1.81. The monoisotopic (exact) mass is 386 g/mol. The minimum atomic E-state index is 0.115. The van der Waals surface area contributed by atoms with Crippen LogP contribution >= 0.6 is 23.1 Å². The lowest BCUT2D eigenvalue weighted by molar-refractivity contribution is -0.118. The van der Waals surface area contributed by atoms with Crippen LogP contribution < -0.4 is 4.90 Å². The molecule has 0 radical (unpaired) electrons. The fourth-order valence-corrected chi connectivity index (χ4v) is 4.36. The third-order valence-electron chi connectivity index (χ3n) is 4.00. The van der Waals surface area contributed by atoms with Crippen LogP contribution in [0.1, 0.15) is 31.9 Å². The second-order valence-electron chi connectivity index (χ2n) is 6.00. The standard InChI is InChI=1S/C18H18N4O2S2/c1-2-15(23)22(14-8-9-14)17-20-21-18(26-17)25-11-13-10-24-16(19-13)12-6-4-3-5-7-12/h3-7,10,14H,2,8-9,11H2,1H3. The Balaban J connectivity index is 1.41. The molecule has 3 aromatic rings. The fourth-order valence-electron chi connectivity index (χ4n) is 2.55. The molecule has 1 fully saturated rings. The number of aromatic nitrogens is 3. The van der Waals surface area contributed by atoms with Gasteiger partial charge in [0, 0.05) is 23.8 Å². The van der Waals surface area contributed by atoms with Crippen molar-refractivity contribution >= 4 is 34.1 Å². The zero-order valence-electron chi connectivity index (χ0n) is 14.3. The van der Waals surface area contributed by atoms with E-state index in [0.29, 0.717) is 29.2 Å². The van der Waals surface area contributed by atoms with Crippen LogP contribution in [0.4, 0.5) is 5.13 Å². The van der Waals surface area contributed by atoms with Crippen molar-refractivity contribution in [3.05, 3.63) is 42.3 Å². The molecule has 26 heavy (non-hydrogen) atoms. The van der Waals surface area contributed by atoms with Gasteiger partial charge in [0.1, 0.15) is 6.26 Å². The smallest absolute Gasteiger partial charge is 0.228 e. The number of hydrogen-bond donors (Lipinski definition) is 0. The Morgan fingerprint density at radius 1 is 1.31 bits per heavy atom. The van der Waals surface area contributed by atoms with Crippen LogP contribution in [0.25, 0.3) is 11.5 Å². The number of amides is 1. The van der Waals surface area contributed by atoms with Crippen molar-refractivity contribution in [3.8, 4) is 11.5 Å². The maximum Gasteiger partial charge on any atom is 0.228 e. The third-order valence-corrected chi connectivity index (χ3v) is 6.09. The second-order valence-corrected chi connectivity index (χ2v) is 8.18. The van der Waals surface area contributed by atoms with Crippen LogP contribution in [0.5, 0.6) is 0 Å². The van der Waals surface area contributed by atoms with Gasteiger partial charge in [-0.05, 0) is 25.0 Å². The number of carbonyl (C=O) groups is 1. The van der Waals surface area contributed by atoms with Gasteiger partial charge in [-0.3, -0.25) is 9.69 Å². The molecule has 2 heterocycles. The van der Waals surface area contributed by atoms with Crippen molar-refractivity contribution in [2.75, 3.05) is 4.90 Å². The summed E-state index contributed by atoms with van der Waals surface area (Å²) < 4.78 is 6.39. The van der Waals surface area contributed by atoms with Crippen molar-refractivity contribution < 1.29 is 9.21 Å². The lowest BCUT2D eigenvalue weighted by Gasteiger charge is -2.17. The first-order valence-corrected chi connectivity index (χ1v) is 10.3. The topological polar surface area (TPSA) is 72.1 Å². The highest BCUT2D eigenvalue weighted by molar-refractivity contribution is 8.00. The SMILES string of the molecule is CCC(=O)N(c1nnc(SCc2coc(-c3ccccc3)n2)s1)C1CC1. The van der Waals surface area contributed by atoms with E-state index in [0.717, 1.165) is 28.4 Å². The van der Waals surface area contributed by atoms with Gasteiger partial charge in [-0.1, -0.05) is 48.2 Å². The molecule has 1 saturated carbocycles. The summed E-state index contributed by atoms with van der Waals surface area (Å²) in [4.78, 5) is 18.5. The van der Waals surface area contributed by atoms with Gasteiger partial charge >= 0.3 is 0 Å². The molecule has 0 N–H and O–H groups in total. The number of anilines is 1. The third kappa shape index (κ3) is 3.81. The van der Waals surface area contributed by atoms with Crippen molar-refractivity contribution in [1.29, 1.82) is 0 Å². The van der Waals surface area contributed by atoms with Crippen molar-refractivity contribution in [2.24, 2.45) is 0 Å². The number of benzene rings is 1. The average Bonchev–Trinajstić information content (AvgIpc) is 3.20. The molecule has 8 heteroatoms. The van der Waals surface area contributed by atoms with Gasteiger partial charge in [-0.2, -0.15) is 0 Å². The van der Waals surface area contributed by atoms with E-state index in [9.17, 15) is 4.79 Å². The van der Waals surface area contributed by atoms with E-state index in [4.69, 9.17) is 4.42 Å². The van der Waals surface area contributed by atoms with E-state index in [1.165, 1.54) is 11.3 Å². The molecule has 0 saturated heterocycles. The maximum absolute atomic E-state index is 12.2. The molecule has 1 aliphatic carbocycles. The van der Waals surface area contributed by atoms with Crippen LogP contribution in [-0.2, 0) is 10.5 Å². The Labute approximate surface area is 159 Å². The summed E-state index contributed by atoms with van der Waals surface area (Å²) in [6, 6.07) is 10.1. The van der Waals surface area contributed by atoms with Gasteiger partial charge in [-0.25, -0.2) is 4.98 Å². The first-order chi connectivity index (χ1) is 12.7. The number of nitrogens with zero attached hydrogens (tertiary/aromatic N) is 4. The summed E-state index contributed by atoms with van der Waals surface area (Å²) in [7, 11) is 0. The van der Waals surface area contributed by atoms with Crippen LogP contribution in [0.3, 0.4) is 0 Å². The predicted molar refractivity (Wildman–Crippen MR) is 102 cm³/mol. The minimum Gasteiger partial charge on any atom is -0.444 e. The molecule has 2 aromatic heterocycles. The van der Waals surface area contributed by atoms with Crippen molar-refractivity contribution in [2.45, 2.75) is 42.3 Å². The Morgan fingerprint density at radius 3 is 2.85 bits per heavy atom. The largest absolute Gasteiger partial charge is 0.444 e. The molecule has 0 bridgehead atoms. The lowest BCUT2D eigenvalue weighted by Crippen LogP contribution is -2.32. The van der Waals surface area contributed by atoms with Crippen molar-refractivity contribution in [1.82, 2.24) is 15.2 Å². The molecule has 0 unspecified atom stereocenters. The first kappa shape index (κ1) is 17.2. The van der Waals surface area contributed by atoms with Gasteiger partial charge in [0.25, 0.3) is 0 Å². The van der Waals surface area contributed by atoms with Gasteiger partial charge in [0.2, 0.25) is 16.9 Å². The summed E-state index contributed by atoms with van der Waals surface area (Å²) in [5, 5.41) is 9.14. The lowest BCUT2D eigenvalue weighted by atomic mass is 10.2. The maximum atomic E-state index is 12.2. The van der Waals surface area contributed by atoms with Gasteiger partial charge in [0.05, 0.1) is 5.69 Å². The van der Waals surface area contributed by atoms with Crippen molar-refractivity contribution in [3.63, 3.8) is 0 Å². The summed E-state index contributed by atoms with van der Waals surface area (Å²) in [6.45, 7) is 1.88. The predicted octanol–water partition coefficient (Wildman–Crippen LogP) is 4.39. The van der Waals surface area contributed by atoms with Gasteiger partial charge < -0.3 is 4.42 Å². The Bertz CT molecular complexity index is 890. The number of thioether (sulfide) groups is 1. The number of carbonyl (C=O) groups excluding carboxylic acids is 1. The van der Waals surface area contributed by atoms with Gasteiger partial charge in [-0.15, -0.1) is 10.2 Å². The zero-order valence-corrected chi connectivity index (χ0v) is 15.9. The second kappa shape index (κ2) is 7.59. The zero-order chi connectivity index (χ0) is 17.9. The molecule has 1 aromatic carbocycles. The van der Waals surface area contributed by atoms with E-state index >= 15 is 0 Å². The van der Waals surface area contributed by atoms with Crippen LogP contribution in [0.15, 0.2) is 45.4 Å². The quantitative estimate of drug-likeness (QED) is 0.443. The number of oxazole rings is 1. The van der Waals surface area contributed by atoms with E-state index in [1.807, 2.05) is 42.2 Å². The molecule has 1 amide bonds. The molecule has 0 aliphatic heterocycles. The van der Waals surface area contributed by atoms with Crippen LogP contribution in [-0.4, -0.2) is 27.1 Å². The van der Waals surface area contributed by atoms with E-state index in [2.05, 4.69) is 15.2 Å². The Kier molecular flexibility index (Phi) is 5.03. The Morgan fingerprint density at radius 2 is 2.12 bits per heavy atom. The first-order valence-electron chi connectivity index (χ1n) is 8.52. The minimum absolute atomic E-state index is 0.115. The normalized spacial score (nSPS) is 13.7. The molecule has 0 spiro atoms. The average molecular weight is 387 g/mol. The van der Waals surface area contributed by atoms with E-state index in [-0.39, 0.29) is 5.91 Å². The molecular weight excluding hydrogens is 368 g/mol. The molecule has 1 aliphatic rings.